The number of anilines is 1. The van der Waals surface area contributed by atoms with Crippen molar-refractivity contribution in [1.29, 1.82) is 0 Å². The van der Waals surface area contributed by atoms with Crippen molar-refractivity contribution < 1.29 is 18.4 Å². The highest BCUT2D eigenvalue weighted by Crippen LogP contribution is 2.40. The van der Waals surface area contributed by atoms with Gasteiger partial charge in [-0.1, -0.05) is 19.9 Å². The number of likely N-dealkylation sites (tertiary alicyclic amines) is 1. The third kappa shape index (κ3) is 2.66. The van der Waals surface area contributed by atoms with Gasteiger partial charge in [0, 0.05) is 12.1 Å². The summed E-state index contributed by atoms with van der Waals surface area (Å²) in [6.07, 6.45) is 3.20. The van der Waals surface area contributed by atoms with E-state index >= 15 is 0 Å². The van der Waals surface area contributed by atoms with Crippen molar-refractivity contribution in [1.82, 2.24) is 9.80 Å². The predicted molar refractivity (Wildman–Crippen MR) is 92.3 cm³/mol. The summed E-state index contributed by atoms with van der Waals surface area (Å²) in [5.74, 6) is -1.34. The Hall–Kier alpha value is -2.44. The average molecular weight is 361 g/mol. The summed E-state index contributed by atoms with van der Waals surface area (Å²) in [5.41, 5.74) is 1.60. The largest absolute Gasteiger partial charge is 0.334 e. The maximum atomic E-state index is 14.0. The van der Waals surface area contributed by atoms with Crippen LogP contribution in [0, 0.1) is 23.5 Å². The van der Waals surface area contributed by atoms with E-state index in [1.807, 2.05) is 4.90 Å². The van der Waals surface area contributed by atoms with Crippen LogP contribution in [-0.2, 0) is 11.3 Å². The molecule has 1 aromatic carbocycles. The number of rotatable bonds is 3. The van der Waals surface area contributed by atoms with Gasteiger partial charge in [0.1, 0.15) is 6.54 Å². The van der Waals surface area contributed by atoms with Gasteiger partial charge in [-0.05, 0) is 36.0 Å². The number of benzene rings is 1. The predicted octanol–water partition coefficient (Wildman–Crippen LogP) is 3.13. The fourth-order valence-electron chi connectivity index (χ4n) is 4.24. The second-order valence-electron chi connectivity index (χ2n) is 7.55. The van der Waals surface area contributed by atoms with Crippen LogP contribution in [-0.4, -0.2) is 40.9 Å². The zero-order valence-electron chi connectivity index (χ0n) is 14.8. The van der Waals surface area contributed by atoms with E-state index in [-0.39, 0.29) is 36.3 Å². The summed E-state index contributed by atoms with van der Waals surface area (Å²) in [7, 11) is 0. The van der Waals surface area contributed by atoms with Crippen LogP contribution in [0.4, 0.5) is 19.3 Å². The Morgan fingerprint density at radius 3 is 2.81 bits per heavy atom. The molecule has 0 radical (unpaired) electrons. The monoisotopic (exact) mass is 361 g/mol. The summed E-state index contributed by atoms with van der Waals surface area (Å²) >= 11 is 0. The van der Waals surface area contributed by atoms with E-state index in [0.29, 0.717) is 18.4 Å². The average Bonchev–Trinajstić information content (AvgIpc) is 3.20. The Morgan fingerprint density at radius 1 is 1.35 bits per heavy atom. The number of nitrogens with one attached hydrogen (secondary N) is 1. The number of nitrogens with zero attached hydrogens (tertiary/aromatic N) is 2. The zero-order valence-corrected chi connectivity index (χ0v) is 14.8. The van der Waals surface area contributed by atoms with E-state index in [1.54, 1.807) is 0 Å². The molecule has 3 aliphatic rings. The molecule has 2 bridgehead atoms. The van der Waals surface area contributed by atoms with E-state index in [9.17, 15) is 18.4 Å². The molecular formula is C19H21F2N3O2. The van der Waals surface area contributed by atoms with Gasteiger partial charge in [-0.2, -0.15) is 0 Å². The van der Waals surface area contributed by atoms with Crippen molar-refractivity contribution >= 4 is 17.6 Å². The first kappa shape index (κ1) is 17.0. The molecule has 7 heteroatoms. The molecule has 1 fully saturated rings. The second kappa shape index (κ2) is 6.07. The third-order valence-corrected chi connectivity index (χ3v) is 5.53. The highest BCUT2D eigenvalue weighted by atomic mass is 19.2. The number of carbonyl (C=O) groups excluding carboxylic acids is 2. The Kier molecular flexibility index (Phi) is 3.97. The van der Waals surface area contributed by atoms with Crippen molar-refractivity contribution in [3.63, 3.8) is 0 Å². The lowest BCUT2D eigenvalue weighted by Gasteiger charge is -2.34. The molecule has 1 saturated heterocycles. The standard InChI is InChI=1S/C19H21F2N3O2/c1-10(2)12-5-11-6-16(12)24(7-11)17(25)9-23-8-13-15(22-19(23)26)4-3-14(20)18(13)21/h3-5,10-11,16H,6-9H2,1-2H3,(H,22,26)/t11?,16-/m1/s1. The van der Waals surface area contributed by atoms with Crippen molar-refractivity contribution in [2.45, 2.75) is 32.9 Å². The Labute approximate surface area is 150 Å². The number of amides is 3. The van der Waals surface area contributed by atoms with Gasteiger partial charge in [0.2, 0.25) is 5.91 Å². The van der Waals surface area contributed by atoms with Gasteiger partial charge in [-0.15, -0.1) is 0 Å². The van der Waals surface area contributed by atoms with Gasteiger partial charge in [-0.3, -0.25) is 4.79 Å². The molecule has 26 heavy (non-hydrogen) atoms. The lowest BCUT2D eigenvalue weighted by Crippen LogP contribution is -2.48. The van der Waals surface area contributed by atoms with E-state index in [1.165, 1.54) is 16.5 Å². The normalized spacial score (nSPS) is 24.0. The van der Waals surface area contributed by atoms with Crippen LogP contribution in [0.3, 0.4) is 0 Å². The first-order valence-electron chi connectivity index (χ1n) is 8.89. The molecule has 2 atom stereocenters. The third-order valence-electron chi connectivity index (χ3n) is 5.53. The van der Waals surface area contributed by atoms with Crippen molar-refractivity contribution in [2.24, 2.45) is 11.8 Å². The summed E-state index contributed by atoms with van der Waals surface area (Å²) in [5, 5.41) is 2.53. The van der Waals surface area contributed by atoms with E-state index in [4.69, 9.17) is 0 Å². The molecular weight excluding hydrogens is 340 g/mol. The summed E-state index contributed by atoms with van der Waals surface area (Å²) < 4.78 is 27.5. The highest BCUT2D eigenvalue weighted by Gasteiger charge is 2.42. The molecule has 3 amide bonds. The van der Waals surface area contributed by atoms with Crippen molar-refractivity contribution in [2.75, 3.05) is 18.4 Å². The Morgan fingerprint density at radius 2 is 2.12 bits per heavy atom. The Balaban J connectivity index is 1.50. The molecule has 1 aliphatic carbocycles. The minimum atomic E-state index is -0.981. The number of hydrogen-bond acceptors (Lipinski definition) is 2. The SMILES string of the molecule is CC(C)C1=CC2C[C@H]1N(C(=O)CN1Cc3c(ccc(F)c3F)NC1=O)C2. The van der Waals surface area contributed by atoms with Crippen LogP contribution in [0.15, 0.2) is 23.8 Å². The van der Waals surface area contributed by atoms with Gasteiger partial charge in [-0.25, -0.2) is 13.6 Å². The van der Waals surface area contributed by atoms with Crippen molar-refractivity contribution in [3.8, 4) is 0 Å². The van der Waals surface area contributed by atoms with Gasteiger partial charge in [0.15, 0.2) is 11.6 Å². The molecule has 138 valence electrons. The van der Waals surface area contributed by atoms with Crippen LogP contribution in [0.25, 0.3) is 0 Å². The smallest absolute Gasteiger partial charge is 0.322 e. The first-order valence-corrected chi connectivity index (χ1v) is 8.89. The van der Waals surface area contributed by atoms with Crippen LogP contribution in [0.5, 0.6) is 0 Å². The summed E-state index contributed by atoms with van der Waals surface area (Å²) in [4.78, 5) is 28.1. The molecule has 2 aliphatic heterocycles. The zero-order chi connectivity index (χ0) is 18.6. The maximum absolute atomic E-state index is 14.0. The lowest BCUT2D eigenvalue weighted by molar-refractivity contribution is -0.132. The quantitative estimate of drug-likeness (QED) is 0.841. The minimum Gasteiger partial charge on any atom is -0.334 e. The van der Waals surface area contributed by atoms with Gasteiger partial charge >= 0.3 is 6.03 Å². The van der Waals surface area contributed by atoms with Crippen molar-refractivity contribution in [3.05, 3.63) is 41.0 Å². The summed E-state index contributed by atoms with van der Waals surface area (Å²) in [6.45, 7) is 4.62. The van der Waals surface area contributed by atoms with Crippen LogP contribution in [0.1, 0.15) is 25.8 Å². The van der Waals surface area contributed by atoms with Crippen LogP contribution >= 0.6 is 0 Å². The van der Waals surface area contributed by atoms with Gasteiger partial charge in [0.25, 0.3) is 0 Å². The van der Waals surface area contributed by atoms with E-state index < -0.39 is 17.7 Å². The molecule has 0 saturated carbocycles. The molecule has 1 aromatic rings. The highest BCUT2D eigenvalue weighted by molar-refractivity contribution is 5.95. The van der Waals surface area contributed by atoms with Crippen LogP contribution in [0.2, 0.25) is 0 Å². The summed E-state index contributed by atoms with van der Waals surface area (Å²) in [6, 6.07) is 1.95. The molecule has 1 N–H and O–H groups in total. The molecule has 0 aromatic heterocycles. The number of halogens is 2. The van der Waals surface area contributed by atoms with Gasteiger partial charge in [0.05, 0.1) is 18.3 Å². The van der Waals surface area contributed by atoms with E-state index in [0.717, 1.165) is 12.5 Å². The lowest BCUT2D eigenvalue weighted by atomic mass is 9.97. The molecule has 4 rings (SSSR count). The maximum Gasteiger partial charge on any atom is 0.322 e. The van der Waals surface area contributed by atoms with Crippen LogP contribution < -0.4 is 5.32 Å². The minimum absolute atomic E-state index is 0.0723. The fourth-order valence-corrected chi connectivity index (χ4v) is 4.24. The first-order chi connectivity index (χ1) is 12.3. The second-order valence-corrected chi connectivity index (χ2v) is 7.55. The molecule has 0 spiro atoms. The van der Waals surface area contributed by atoms with Gasteiger partial charge < -0.3 is 15.1 Å². The Bertz CT molecular complexity index is 821. The fraction of sp³-hybridized carbons (Fsp3) is 0.474. The number of carbonyl (C=O) groups is 2. The molecule has 2 heterocycles. The topological polar surface area (TPSA) is 52.7 Å². The van der Waals surface area contributed by atoms with E-state index in [2.05, 4.69) is 25.2 Å². The number of urea groups is 1. The molecule has 5 nitrogen and oxygen atoms in total. The number of fused-ring (bicyclic) bond motifs is 3. The number of hydrogen-bond donors (Lipinski definition) is 1. The molecule has 1 unspecified atom stereocenters.